The Balaban J connectivity index is 2.05. The Hall–Kier alpha value is -1.43. The highest BCUT2D eigenvalue weighted by atomic mass is 16.3. The van der Waals surface area contributed by atoms with Gasteiger partial charge in [0.15, 0.2) is 12.0 Å². The molecule has 0 saturated heterocycles. The maximum atomic E-state index is 9.30. The van der Waals surface area contributed by atoms with Crippen LogP contribution < -0.4 is 5.32 Å². The van der Waals surface area contributed by atoms with Gasteiger partial charge in [0.05, 0.1) is 12.7 Å². The summed E-state index contributed by atoms with van der Waals surface area (Å²) in [6.07, 6.45) is 0.727. The second kappa shape index (κ2) is 5.69. The molecule has 19 heavy (non-hydrogen) atoms. The van der Waals surface area contributed by atoms with Crippen molar-refractivity contribution in [1.29, 1.82) is 0 Å². The predicted molar refractivity (Wildman–Crippen MR) is 73.0 cm³/mol. The van der Waals surface area contributed by atoms with Gasteiger partial charge in [-0.1, -0.05) is 19.9 Å². The van der Waals surface area contributed by atoms with E-state index in [2.05, 4.69) is 24.1 Å². The number of benzene rings is 1. The first-order valence-electron chi connectivity index (χ1n) is 6.36. The van der Waals surface area contributed by atoms with Crippen LogP contribution in [0.3, 0.4) is 0 Å². The molecule has 0 spiro atoms. The fourth-order valence-electron chi connectivity index (χ4n) is 1.99. The second-order valence-electron chi connectivity index (χ2n) is 5.39. The van der Waals surface area contributed by atoms with Crippen molar-refractivity contribution in [2.45, 2.75) is 25.4 Å². The van der Waals surface area contributed by atoms with E-state index >= 15 is 0 Å². The molecule has 1 aromatic carbocycles. The summed E-state index contributed by atoms with van der Waals surface area (Å²) >= 11 is 0. The molecule has 104 valence electrons. The van der Waals surface area contributed by atoms with Gasteiger partial charge in [-0.2, -0.15) is 0 Å². The molecule has 1 atom stereocenters. The molecule has 3 N–H and O–H groups in total. The summed E-state index contributed by atoms with van der Waals surface area (Å²) in [5, 5.41) is 21.2. The average molecular weight is 264 g/mol. The van der Waals surface area contributed by atoms with E-state index in [1.54, 1.807) is 0 Å². The molecule has 0 radical (unpaired) electrons. The van der Waals surface area contributed by atoms with Crippen LogP contribution in [0.5, 0.6) is 0 Å². The van der Waals surface area contributed by atoms with Gasteiger partial charge in [-0.05, 0) is 17.7 Å². The van der Waals surface area contributed by atoms with Crippen LogP contribution >= 0.6 is 0 Å². The largest absolute Gasteiger partial charge is 0.443 e. The predicted octanol–water partition coefficient (Wildman–Crippen LogP) is 1.05. The molecule has 0 amide bonds. The number of aliphatic hydroxyl groups excluding tert-OH is 2. The average Bonchev–Trinajstić information content (AvgIpc) is 2.85. The first-order chi connectivity index (χ1) is 9.03. The van der Waals surface area contributed by atoms with E-state index in [1.807, 2.05) is 18.2 Å². The minimum Gasteiger partial charge on any atom is -0.443 e. The van der Waals surface area contributed by atoms with E-state index in [0.717, 1.165) is 16.7 Å². The van der Waals surface area contributed by atoms with E-state index in [-0.39, 0.29) is 12.0 Å². The van der Waals surface area contributed by atoms with Crippen LogP contribution in [0.25, 0.3) is 11.1 Å². The van der Waals surface area contributed by atoms with Crippen molar-refractivity contribution in [3.8, 4) is 0 Å². The Labute approximate surface area is 112 Å². The van der Waals surface area contributed by atoms with Gasteiger partial charge in [0, 0.05) is 18.5 Å². The van der Waals surface area contributed by atoms with Crippen molar-refractivity contribution in [3.05, 3.63) is 30.2 Å². The number of aliphatic hydroxyl groups is 2. The van der Waals surface area contributed by atoms with E-state index in [4.69, 9.17) is 9.52 Å². The van der Waals surface area contributed by atoms with Crippen LogP contribution in [0.4, 0.5) is 0 Å². The molecule has 0 aliphatic rings. The molecule has 5 heteroatoms. The summed E-state index contributed by atoms with van der Waals surface area (Å²) in [5.41, 5.74) is 2.67. The van der Waals surface area contributed by atoms with Crippen LogP contribution in [-0.2, 0) is 5.41 Å². The van der Waals surface area contributed by atoms with E-state index < -0.39 is 6.10 Å². The molecular formula is C14H20N2O3. The summed E-state index contributed by atoms with van der Waals surface area (Å²) in [6.45, 7) is 5.08. The summed E-state index contributed by atoms with van der Waals surface area (Å²) < 4.78 is 5.31. The zero-order valence-electron chi connectivity index (χ0n) is 11.3. The molecule has 0 bridgehead atoms. The normalized spacial score (nSPS) is 13.9. The number of oxazole rings is 1. The lowest BCUT2D eigenvalue weighted by Gasteiger charge is -2.26. The fourth-order valence-corrected chi connectivity index (χ4v) is 1.99. The SMILES string of the molecule is CC(C)(CNCC(O)CO)c1ccc2ncoc2c1. The third-order valence-electron chi connectivity index (χ3n) is 3.27. The van der Waals surface area contributed by atoms with Gasteiger partial charge < -0.3 is 19.9 Å². The van der Waals surface area contributed by atoms with E-state index in [1.165, 1.54) is 6.39 Å². The summed E-state index contributed by atoms with van der Waals surface area (Å²) in [7, 11) is 0. The van der Waals surface area contributed by atoms with Gasteiger partial charge in [0.25, 0.3) is 0 Å². The molecule has 0 aliphatic heterocycles. The molecule has 0 aliphatic carbocycles. The number of nitrogens with zero attached hydrogens (tertiary/aromatic N) is 1. The van der Waals surface area contributed by atoms with Gasteiger partial charge in [-0.3, -0.25) is 0 Å². The fraction of sp³-hybridized carbons (Fsp3) is 0.500. The lowest BCUT2D eigenvalue weighted by atomic mass is 9.84. The molecule has 5 nitrogen and oxygen atoms in total. The molecule has 1 heterocycles. The lowest BCUT2D eigenvalue weighted by Crippen LogP contribution is -2.38. The highest BCUT2D eigenvalue weighted by Gasteiger charge is 2.21. The zero-order chi connectivity index (χ0) is 13.9. The third-order valence-corrected chi connectivity index (χ3v) is 3.27. The maximum absolute atomic E-state index is 9.30. The molecular weight excluding hydrogens is 244 g/mol. The molecule has 0 fully saturated rings. The van der Waals surface area contributed by atoms with E-state index in [0.29, 0.717) is 13.1 Å². The summed E-state index contributed by atoms with van der Waals surface area (Å²) in [4.78, 5) is 4.10. The van der Waals surface area contributed by atoms with Gasteiger partial charge in [-0.25, -0.2) is 4.98 Å². The zero-order valence-corrected chi connectivity index (χ0v) is 11.3. The molecule has 2 rings (SSSR count). The first-order valence-corrected chi connectivity index (χ1v) is 6.36. The van der Waals surface area contributed by atoms with Gasteiger partial charge in [0.1, 0.15) is 5.52 Å². The molecule has 1 unspecified atom stereocenters. The summed E-state index contributed by atoms with van der Waals surface area (Å²) in [6, 6.07) is 5.97. The molecule has 0 saturated carbocycles. The third kappa shape index (κ3) is 3.32. The van der Waals surface area contributed by atoms with Crippen LogP contribution in [-0.4, -0.2) is 41.0 Å². The minimum atomic E-state index is -0.715. The Bertz CT molecular complexity index is 536. The highest BCUT2D eigenvalue weighted by Crippen LogP contribution is 2.25. The van der Waals surface area contributed by atoms with Crippen LogP contribution in [0.15, 0.2) is 29.0 Å². The smallest absolute Gasteiger partial charge is 0.181 e. The first kappa shape index (κ1) is 14.0. The standard InChI is InChI=1S/C14H20N2O3/c1-14(2,8-15-6-11(18)7-17)10-3-4-12-13(5-10)19-9-16-12/h3-5,9,11,15,17-18H,6-8H2,1-2H3. The quantitative estimate of drug-likeness (QED) is 0.727. The highest BCUT2D eigenvalue weighted by molar-refractivity contribution is 5.73. The number of hydrogen-bond donors (Lipinski definition) is 3. The van der Waals surface area contributed by atoms with Gasteiger partial charge in [-0.15, -0.1) is 0 Å². The van der Waals surface area contributed by atoms with E-state index in [9.17, 15) is 5.11 Å². The van der Waals surface area contributed by atoms with Gasteiger partial charge in [0.2, 0.25) is 0 Å². The number of nitrogens with one attached hydrogen (secondary N) is 1. The minimum absolute atomic E-state index is 0.101. The van der Waals surface area contributed by atoms with Crippen molar-refractivity contribution in [3.63, 3.8) is 0 Å². The topological polar surface area (TPSA) is 78.5 Å². The van der Waals surface area contributed by atoms with Crippen LogP contribution in [0.1, 0.15) is 19.4 Å². The molecule has 2 aromatic rings. The Morgan fingerprint density at radius 2 is 2.21 bits per heavy atom. The molecule has 1 aromatic heterocycles. The van der Waals surface area contributed by atoms with Gasteiger partial charge >= 0.3 is 0 Å². The number of hydrogen-bond acceptors (Lipinski definition) is 5. The Morgan fingerprint density at radius 1 is 1.42 bits per heavy atom. The van der Waals surface area contributed by atoms with Crippen molar-refractivity contribution in [2.75, 3.05) is 19.7 Å². The van der Waals surface area contributed by atoms with Crippen molar-refractivity contribution in [2.24, 2.45) is 0 Å². The van der Waals surface area contributed by atoms with Crippen molar-refractivity contribution >= 4 is 11.1 Å². The summed E-state index contributed by atoms with van der Waals surface area (Å²) in [5.74, 6) is 0. The van der Waals surface area contributed by atoms with Crippen molar-refractivity contribution in [1.82, 2.24) is 10.3 Å². The number of aromatic nitrogens is 1. The number of rotatable bonds is 6. The second-order valence-corrected chi connectivity index (χ2v) is 5.39. The Kier molecular flexibility index (Phi) is 4.19. The maximum Gasteiger partial charge on any atom is 0.181 e. The van der Waals surface area contributed by atoms with Crippen LogP contribution in [0.2, 0.25) is 0 Å². The lowest BCUT2D eigenvalue weighted by molar-refractivity contribution is 0.0934. The van der Waals surface area contributed by atoms with Crippen LogP contribution in [0, 0.1) is 0 Å². The Morgan fingerprint density at radius 3 is 2.95 bits per heavy atom. The number of fused-ring (bicyclic) bond motifs is 1. The monoisotopic (exact) mass is 264 g/mol. The van der Waals surface area contributed by atoms with Crippen molar-refractivity contribution < 1.29 is 14.6 Å².